The summed E-state index contributed by atoms with van der Waals surface area (Å²) in [5.74, 6) is 2.72. The van der Waals surface area contributed by atoms with Crippen LogP contribution in [-0.4, -0.2) is 45.9 Å². The van der Waals surface area contributed by atoms with Crippen molar-refractivity contribution in [1.29, 1.82) is 0 Å². The minimum atomic E-state index is -0.150. The Morgan fingerprint density at radius 3 is 2.26 bits per heavy atom. The smallest absolute Gasteiger partial charge is 0.270 e. The average molecular weight is 497 g/mol. The lowest BCUT2D eigenvalue weighted by Gasteiger charge is -2.30. The van der Waals surface area contributed by atoms with E-state index in [-0.39, 0.29) is 11.3 Å². The van der Waals surface area contributed by atoms with Crippen LogP contribution in [0.3, 0.4) is 0 Å². The first kappa shape index (κ1) is 24.9. The van der Waals surface area contributed by atoms with Gasteiger partial charge in [0.2, 0.25) is 0 Å². The van der Waals surface area contributed by atoms with Gasteiger partial charge in [-0.15, -0.1) is 11.3 Å². The van der Waals surface area contributed by atoms with Crippen LogP contribution in [-0.2, 0) is 11.8 Å². The number of amides is 1. The molecule has 35 heavy (non-hydrogen) atoms. The summed E-state index contributed by atoms with van der Waals surface area (Å²) in [5.41, 5.74) is 2.51. The van der Waals surface area contributed by atoms with Crippen molar-refractivity contribution in [2.75, 3.05) is 35.0 Å². The number of aromatic nitrogens is 1. The van der Waals surface area contributed by atoms with Crippen LogP contribution in [0.4, 0.5) is 0 Å². The van der Waals surface area contributed by atoms with Gasteiger partial charge in [-0.05, 0) is 48.2 Å². The van der Waals surface area contributed by atoms with Crippen molar-refractivity contribution < 1.29 is 23.7 Å². The first-order valence-electron chi connectivity index (χ1n) is 11.7. The Hall–Kier alpha value is -3.26. The summed E-state index contributed by atoms with van der Waals surface area (Å²) in [7, 11) is 6.54. The van der Waals surface area contributed by atoms with Crippen molar-refractivity contribution >= 4 is 17.2 Å². The molecular formula is C27H32N2O5S. The lowest BCUT2D eigenvalue weighted by atomic mass is 9.78. The highest BCUT2D eigenvalue weighted by atomic mass is 32.1. The van der Waals surface area contributed by atoms with E-state index >= 15 is 0 Å². The number of methoxy groups -OCH3 is 4. The first-order valence-corrected chi connectivity index (χ1v) is 12.6. The molecule has 2 aromatic carbocycles. The van der Waals surface area contributed by atoms with E-state index in [1.54, 1.807) is 28.4 Å². The summed E-state index contributed by atoms with van der Waals surface area (Å²) in [6.07, 6.45) is 4.90. The highest BCUT2D eigenvalue weighted by Crippen LogP contribution is 2.43. The second kappa shape index (κ2) is 11.0. The molecule has 1 amide bonds. The normalized spacial score (nSPS) is 14.4. The Bertz CT molecular complexity index is 1150. The van der Waals surface area contributed by atoms with E-state index in [0.29, 0.717) is 30.2 Å². The SMILES string of the molecule is COc1cc(Cc2nc(C(=O)NCC3(c4ccc(OC)c(OC)c4)CCCC3)cs2)cc(OC)c1. The number of carbonyl (C=O) groups is 1. The van der Waals surface area contributed by atoms with E-state index in [0.717, 1.165) is 47.8 Å². The first-order chi connectivity index (χ1) is 17.0. The van der Waals surface area contributed by atoms with Crippen molar-refractivity contribution in [3.63, 3.8) is 0 Å². The van der Waals surface area contributed by atoms with Gasteiger partial charge in [-0.1, -0.05) is 18.9 Å². The summed E-state index contributed by atoms with van der Waals surface area (Å²) in [6.45, 7) is 0.557. The molecule has 0 unspecified atom stereocenters. The van der Waals surface area contributed by atoms with Crippen LogP contribution in [0.2, 0.25) is 0 Å². The fraction of sp³-hybridized carbons (Fsp3) is 0.407. The van der Waals surface area contributed by atoms with Gasteiger partial charge in [0.1, 0.15) is 17.2 Å². The van der Waals surface area contributed by atoms with E-state index in [1.807, 2.05) is 35.7 Å². The molecule has 1 saturated carbocycles. The zero-order valence-corrected chi connectivity index (χ0v) is 21.5. The molecule has 1 aliphatic carbocycles. The molecule has 1 heterocycles. The highest BCUT2D eigenvalue weighted by Gasteiger charge is 2.36. The maximum atomic E-state index is 13.0. The third kappa shape index (κ3) is 5.53. The predicted octanol–water partition coefficient (Wildman–Crippen LogP) is 5.01. The Kier molecular flexibility index (Phi) is 7.80. The van der Waals surface area contributed by atoms with Crippen LogP contribution >= 0.6 is 11.3 Å². The monoisotopic (exact) mass is 496 g/mol. The summed E-state index contributed by atoms with van der Waals surface area (Å²) < 4.78 is 21.6. The molecular weight excluding hydrogens is 464 g/mol. The highest BCUT2D eigenvalue weighted by molar-refractivity contribution is 7.09. The van der Waals surface area contributed by atoms with E-state index in [9.17, 15) is 4.79 Å². The van der Waals surface area contributed by atoms with E-state index < -0.39 is 0 Å². The third-order valence-corrected chi connectivity index (χ3v) is 7.54. The quantitative estimate of drug-likeness (QED) is 0.425. The summed E-state index contributed by atoms with van der Waals surface area (Å²) in [6, 6.07) is 11.8. The van der Waals surface area contributed by atoms with Crippen molar-refractivity contribution in [2.24, 2.45) is 0 Å². The molecule has 3 aromatic rings. The lowest BCUT2D eigenvalue weighted by molar-refractivity contribution is 0.0938. The Labute approximate surface area is 210 Å². The molecule has 186 valence electrons. The molecule has 7 nitrogen and oxygen atoms in total. The van der Waals surface area contributed by atoms with Gasteiger partial charge in [0.15, 0.2) is 11.5 Å². The Morgan fingerprint density at radius 2 is 1.63 bits per heavy atom. The molecule has 4 rings (SSSR count). The second-order valence-electron chi connectivity index (χ2n) is 8.76. The van der Waals surface area contributed by atoms with E-state index in [1.165, 1.54) is 16.9 Å². The van der Waals surface area contributed by atoms with Crippen molar-refractivity contribution in [1.82, 2.24) is 10.3 Å². The molecule has 1 aliphatic rings. The summed E-state index contributed by atoms with van der Waals surface area (Å²) >= 11 is 1.48. The Balaban J connectivity index is 1.46. The number of carbonyl (C=O) groups excluding carboxylic acids is 1. The number of rotatable bonds is 10. The molecule has 1 aromatic heterocycles. The molecule has 1 N–H and O–H groups in total. The number of ether oxygens (including phenoxy) is 4. The molecule has 0 radical (unpaired) electrons. The van der Waals surface area contributed by atoms with Gasteiger partial charge in [0, 0.05) is 29.8 Å². The molecule has 1 fully saturated rings. The number of nitrogens with one attached hydrogen (secondary N) is 1. The van der Waals surface area contributed by atoms with Gasteiger partial charge in [-0.25, -0.2) is 4.98 Å². The average Bonchev–Trinajstić information content (AvgIpc) is 3.57. The molecule has 0 aliphatic heterocycles. The second-order valence-corrected chi connectivity index (χ2v) is 9.71. The molecule has 0 atom stereocenters. The number of benzene rings is 2. The third-order valence-electron chi connectivity index (χ3n) is 6.69. The molecule has 0 saturated heterocycles. The molecule has 8 heteroatoms. The topological polar surface area (TPSA) is 78.9 Å². The van der Waals surface area contributed by atoms with E-state index in [2.05, 4.69) is 16.4 Å². The number of thiazole rings is 1. The Morgan fingerprint density at radius 1 is 0.943 bits per heavy atom. The molecule has 0 bridgehead atoms. The van der Waals surface area contributed by atoms with Gasteiger partial charge in [0.25, 0.3) is 5.91 Å². The molecule has 0 spiro atoms. The standard InChI is InChI=1S/C27H32N2O5S/c1-31-20-11-18(12-21(15-20)32-2)13-25-29-22(16-35-25)26(30)28-17-27(9-5-6-10-27)19-7-8-23(33-3)24(14-19)34-4/h7-8,11-12,14-16H,5-6,9-10,13,17H2,1-4H3,(H,28,30). The fourth-order valence-electron chi connectivity index (χ4n) is 4.76. The van der Waals surface area contributed by atoms with Gasteiger partial charge >= 0.3 is 0 Å². The maximum absolute atomic E-state index is 13.0. The van der Waals surface area contributed by atoms with Crippen LogP contribution in [0.25, 0.3) is 0 Å². The van der Waals surface area contributed by atoms with Crippen LogP contribution in [0.1, 0.15) is 52.3 Å². The number of hydrogen-bond donors (Lipinski definition) is 1. The van der Waals surface area contributed by atoms with Gasteiger partial charge in [-0.2, -0.15) is 0 Å². The van der Waals surface area contributed by atoms with Gasteiger partial charge in [0.05, 0.1) is 33.4 Å². The maximum Gasteiger partial charge on any atom is 0.270 e. The fourth-order valence-corrected chi connectivity index (χ4v) is 5.57. The summed E-state index contributed by atoms with van der Waals surface area (Å²) in [4.78, 5) is 17.6. The largest absolute Gasteiger partial charge is 0.497 e. The predicted molar refractivity (Wildman–Crippen MR) is 136 cm³/mol. The van der Waals surface area contributed by atoms with Crippen LogP contribution in [0.15, 0.2) is 41.8 Å². The van der Waals surface area contributed by atoms with Gasteiger partial charge in [-0.3, -0.25) is 4.79 Å². The van der Waals surface area contributed by atoms with Gasteiger partial charge < -0.3 is 24.3 Å². The van der Waals surface area contributed by atoms with Crippen LogP contribution in [0.5, 0.6) is 23.0 Å². The van der Waals surface area contributed by atoms with Crippen molar-refractivity contribution in [2.45, 2.75) is 37.5 Å². The van der Waals surface area contributed by atoms with Crippen molar-refractivity contribution in [3.8, 4) is 23.0 Å². The van der Waals surface area contributed by atoms with Crippen LogP contribution in [0, 0.1) is 0 Å². The minimum absolute atomic E-state index is 0.120. The zero-order chi connectivity index (χ0) is 24.8. The number of nitrogens with zero attached hydrogens (tertiary/aromatic N) is 1. The zero-order valence-electron chi connectivity index (χ0n) is 20.7. The van der Waals surface area contributed by atoms with Crippen molar-refractivity contribution in [3.05, 3.63) is 63.6 Å². The lowest BCUT2D eigenvalue weighted by Crippen LogP contribution is -2.39. The summed E-state index contributed by atoms with van der Waals surface area (Å²) in [5, 5.41) is 5.83. The number of hydrogen-bond acceptors (Lipinski definition) is 7. The minimum Gasteiger partial charge on any atom is -0.497 e. The van der Waals surface area contributed by atoms with E-state index in [4.69, 9.17) is 18.9 Å². The van der Waals surface area contributed by atoms with Crippen LogP contribution < -0.4 is 24.3 Å².